The first-order valence-corrected chi connectivity index (χ1v) is 8.41. The van der Waals surface area contributed by atoms with Crippen molar-refractivity contribution in [3.8, 4) is 0 Å². The van der Waals surface area contributed by atoms with Crippen molar-refractivity contribution in [2.24, 2.45) is 12.5 Å². The molecule has 0 saturated heterocycles. The molecule has 0 bridgehead atoms. The average Bonchev–Trinajstić information content (AvgIpc) is 3.04. The Hall–Kier alpha value is -1.82. The summed E-state index contributed by atoms with van der Waals surface area (Å²) < 4.78 is 7.30. The molecule has 0 unspecified atom stereocenters. The fourth-order valence-corrected chi connectivity index (χ4v) is 4.10. The molecule has 1 spiro atoms. The van der Waals surface area contributed by atoms with E-state index in [0.717, 1.165) is 19.3 Å². The number of aromatic nitrogens is 1. The van der Waals surface area contributed by atoms with Gasteiger partial charge in [-0.2, -0.15) is 0 Å². The van der Waals surface area contributed by atoms with Crippen LogP contribution in [0, 0.1) is 5.41 Å². The van der Waals surface area contributed by atoms with Crippen molar-refractivity contribution in [2.75, 3.05) is 11.9 Å². The zero-order valence-electron chi connectivity index (χ0n) is 13.8. The molecule has 23 heavy (non-hydrogen) atoms. The van der Waals surface area contributed by atoms with E-state index < -0.39 is 0 Å². The summed E-state index contributed by atoms with van der Waals surface area (Å²) >= 11 is 0. The maximum Gasteiger partial charge on any atom is 0.319 e. The highest BCUT2D eigenvalue weighted by molar-refractivity contribution is 5.89. The number of anilines is 1. The molecule has 0 aliphatic heterocycles. The first kappa shape index (κ1) is 16.1. The number of carbonyl (C=O) groups is 1. The van der Waals surface area contributed by atoms with Crippen molar-refractivity contribution in [1.82, 2.24) is 9.88 Å². The van der Waals surface area contributed by atoms with Gasteiger partial charge < -0.3 is 19.9 Å². The minimum Gasteiger partial charge on any atom is -0.378 e. The maximum absolute atomic E-state index is 12.3. The monoisotopic (exact) mass is 319 g/mol. The topological polar surface area (TPSA) is 72.4 Å². The number of hydrogen-bond donors (Lipinski definition) is 2. The smallest absolute Gasteiger partial charge is 0.319 e. The first-order valence-electron chi connectivity index (χ1n) is 8.41. The van der Waals surface area contributed by atoms with E-state index in [9.17, 15) is 9.59 Å². The van der Waals surface area contributed by atoms with Gasteiger partial charge in [0.2, 0.25) is 0 Å². The number of rotatable bonds is 4. The summed E-state index contributed by atoms with van der Waals surface area (Å²) in [7, 11) is 1.66. The van der Waals surface area contributed by atoms with Crippen molar-refractivity contribution >= 4 is 11.7 Å². The highest BCUT2D eigenvalue weighted by atomic mass is 16.5. The molecule has 1 aromatic heterocycles. The van der Waals surface area contributed by atoms with Crippen LogP contribution in [0.4, 0.5) is 10.5 Å². The third kappa shape index (κ3) is 2.87. The van der Waals surface area contributed by atoms with Crippen molar-refractivity contribution < 1.29 is 9.53 Å². The van der Waals surface area contributed by atoms with Crippen LogP contribution in [0.15, 0.2) is 23.1 Å². The Kier molecular flexibility index (Phi) is 4.43. The van der Waals surface area contributed by atoms with E-state index in [2.05, 4.69) is 10.6 Å². The summed E-state index contributed by atoms with van der Waals surface area (Å²) in [6.45, 7) is 2.73. The third-order valence-electron chi connectivity index (χ3n) is 5.36. The molecular weight excluding hydrogens is 294 g/mol. The van der Waals surface area contributed by atoms with Crippen molar-refractivity contribution in [1.29, 1.82) is 0 Å². The maximum atomic E-state index is 12.3. The van der Waals surface area contributed by atoms with E-state index >= 15 is 0 Å². The van der Waals surface area contributed by atoms with Crippen LogP contribution in [0.3, 0.4) is 0 Å². The lowest BCUT2D eigenvalue weighted by atomic mass is 9.60. The standard InChI is InChI=1S/C17H25N3O3/c1-3-23-14-11-13(17(14)8-4-5-9-17)19-16(22)18-12-7-6-10-20(2)15(12)21/h6-7,10,13-14H,3-5,8-9,11H2,1-2H3,(H2,18,19,22)/t13-,14+/m0/s1. The average molecular weight is 319 g/mol. The summed E-state index contributed by atoms with van der Waals surface area (Å²) in [5, 5.41) is 5.73. The molecule has 2 aliphatic carbocycles. The molecular formula is C17H25N3O3. The van der Waals surface area contributed by atoms with Crippen LogP contribution in [0.5, 0.6) is 0 Å². The Balaban J connectivity index is 1.64. The van der Waals surface area contributed by atoms with Crippen molar-refractivity contribution in [3.05, 3.63) is 28.7 Å². The lowest BCUT2D eigenvalue weighted by Crippen LogP contribution is -2.64. The molecule has 0 radical (unpaired) electrons. The Bertz CT molecular complexity index is 634. The van der Waals surface area contributed by atoms with Gasteiger partial charge in [0.1, 0.15) is 5.69 Å². The van der Waals surface area contributed by atoms with Crippen LogP contribution in [-0.2, 0) is 11.8 Å². The quantitative estimate of drug-likeness (QED) is 0.894. The van der Waals surface area contributed by atoms with Crippen LogP contribution in [0.2, 0.25) is 0 Å². The molecule has 2 N–H and O–H groups in total. The van der Waals surface area contributed by atoms with Gasteiger partial charge >= 0.3 is 6.03 Å². The van der Waals surface area contributed by atoms with Crippen LogP contribution in [0.25, 0.3) is 0 Å². The summed E-state index contributed by atoms with van der Waals surface area (Å²) in [6, 6.07) is 3.19. The van der Waals surface area contributed by atoms with Gasteiger partial charge in [0.15, 0.2) is 0 Å². The molecule has 6 nitrogen and oxygen atoms in total. The summed E-state index contributed by atoms with van der Waals surface area (Å²) in [5.41, 5.74) is 0.183. The second-order valence-electron chi connectivity index (χ2n) is 6.61. The number of nitrogens with zero attached hydrogens (tertiary/aromatic N) is 1. The Morgan fingerprint density at radius 2 is 2.17 bits per heavy atom. The van der Waals surface area contributed by atoms with Gasteiger partial charge in [0.05, 0.1) is 6.10 Å². The van der Waals surface area contributed by atoms with Crippen molar-refractivity contribution in [2.45, 2.75) is 51.2 Å². The van der Waals surface area contributed by atoms with Crippen LogP contribution in [-0.4, -0.2) is 29.4 Å². The van der Waals surface area contributed by atoms with E-state index in [1.165, 1.54) is 17.4 Å². The first-order chi connectivity index (χ1) is 11.1. The molecule has 2 saturated carbocycles. The molecule has 2 aliphatic rings. The fourth-order valence-electron chi connectivity index (χ4n) is 4.10. The number of amides is 2. The van der Waals surface area contributed by atoms with E-state index in [1.54, 1.807) is 25.4 Å². The molecule has 3 rings (SSSR count). The van der Waals surface area contributed by atoms with Crippen LogP contribution in [0.1, 0.15) is 39.0 Å². The number of carbonyl (C=O) groups excluding carboxylic acids is 1. The molecule has 2 fully saturated rings. The number of ether oxygens (including phenoxy) is 1. The summed E-state index contributed by atoms with van der Waals surface area (Å²) in [5.74, 6) is 0. The molecule has 2 atom stereocenters. The van der Waals surface area contributed by atoms with E-state index in [-0.39, 0.29) is 29.2 Å². The molecule has 0 aromatic carbocycles. The second kappa shape index (κ2) is 6.35. The van der Waals surface area contributed by atoms with E-state index in [4.69, 9.17) is 4.74 Å². The number of pyridine rings is 1. The van der Waals surface area contributed by atoms with Gasteiger partial charge in [-0.15, -0.1) is 0 Å². The molecule has 1 heterocycles. The van der Waals surface area contributed by atoms with Gasteiger partial charge in [0, 0.05) is 31.3 Å². The normalized spacial score (nSPS) is 25.1. The molecule has 1 aromatic rings. The van der Waals surface area contributed by atoms with E-state index in [1.807, 2.05) is 6.92 Å². The number of hydrogen-bond acceptors (Lipinski definition) is 3. The summed E-state index contributed by atoms with van der Waals surface area (Å²) in [4.78, 5) is 24.2. The lowest BCUT2D eigenvalue weighted by Gasteiger charge is -2.53. The number of urea groups is 1. The Morgan fingerprint density at radius 3 is 2.87 bits per heavy atom. The number of nitrogens with one attached hydrogen (secondary N) is 2. The van der Waals surface area contributed by atoms with Crippen LogP contribution >= 0.6 is 0 Å². The zero-order chi connectivity index (χ0) is 16.4. The molecule has 126 valence electrons. The van der Waals surface area contributed by atoms with Gasteiger partial charge in [-0.1, -0.05) is 12.8 Å². The zero-order valence-corrected chi connectivity index (χ0v) is 13.8. The largest absolute Gasteiger partial charge is 0.378 e. The van der Waals surface area contributed by atoms with Gasteiger partial charge in [-0.25, -0.2) is 4.79 Å². The number of aryl methyl sites for hydroxylation is 1. The highest BCUT2D eigenvalue weighted by Gasteiger charge is 2.57. The van der Waals surface area contributed by atoms with Crippen LogP contribution < -0.4 is 16.2 Å². The minimum absolute atomic E-state index is 0.0923. The highest BCUT2D eigenvalue weighted by Crippen LogP contribution is 2.54. The van der Waals surface area contributed by atoms with Gasteiger partial charge in [-0.05, 0) is 38.3 Å². The second-order valence-corrected chi connectivity index (χ2v) is 6.61. The minimum atomic E-state index is -0.306. The molecule has 2 amide bonds. The predicted octanol–water partition coefficient (Wildman–Crippen LogP) is 2.24. The summed E-state index contributed by atoms with van der Waals surface area (Å²) in [6.07, 6.45) is 7.38. The fraction of sp³-hybridized carbons (Fsp3) is 0.647. The predicted molar refractivity (Wildman–Crippen MR) is 88.6 cm³/mol. The Labute approximate surface area is 136 Å². The van der Waals surface area contributed by atoms with E-state index in [0.29, 0.717) is 12.3 Å². The van der Waals surface area contributed by atoms with Gasteiger partial charge in [0.25, 0.3) is 5.56 Å². The molecule has 6 heteroatoms. The third-order valence-corrected chi connectivity index (χ3v) is 5.36. The van der Waals surface area contributed by atoms with Crippen molar-refractivity contribution in [3.63, 3.8) is 0 Å². The SMILES string of the molecule is CCO[C@@H]1C[C@H](NC(=O)Nc2cccn(C)c2=O)C12CCCC2. The Morgan fingerprint density at radius 1 is 1.43 bits per heavy atom. The lowest BCUT2D eigenvalue weighted by molar-refractivity contribution is -0.126. The van der Waals surface area contributed by atoms with Gasteiger partial charge in [-0.3, -0.25) is 4.79 Å².